The van der Waals surface area contributed by atoms with Crippen LogP contribution in [0, 0.1) is 0 Å². The van der Waals surface area contributed by atoms with Gasteiger partial charge in [-0.05, 0) is 63.8 Å². The number of benzene rings is 1. The zero-order valence-electron chi connectivity index (χ0n) is 15.5. The lowest BCUT2D eigenvalue weighted by molar-refractivity contribution is -0.190. The van der Waals surface area contributed by atoms with E-state index in [4.69, 9.17) is 14.3 Å². The van der Waals surface area contributed by atoms with Crippen molar-refractivity contribution in [2.75, 3.05) is 0 Å². The number of carbonyl (C=O) groups is 2. The predicted molar refractivity (Wildman–Crippen MR) is 95.8 cm³/mol. The number of rotatable bonds is 5. The number of hydroxylamine groups is 1. The van der Waals surface area contributed by atoms with E-state index in [0.29, 0.717) is 18.6 Å². The van der Waals surface area contributed by atoms with E-state index in [2.05, 4.69) is 12.1 Å². The van der Waals surface area contributed by atoms with Gasteiger partial charge in [0, 0.05) is 0 Å². The highest BCUT2D eigenvalue weighted by atomic mass is 16.7. The molecule has 1 aromatic rings. The van der Waals surface area contributed by atoms with Gasteiger partial charge >= 0.3 is 12.1 Å². The second-order valence-corrected chi connectivity index (χ2v) is 7.33. The van der Waals surface area contributed by atoms with Crippen molar-refractivity contribution >= 4 is 18.1 Å². The first-order chi connectivity index (χ1) is 12.0. The minimum Gasteiger partial charge on any atom is -0.486 e. The third-order valence-electron chi connectivity index (χ3n) is 4.05. The van der Waals surface area contributed by atoms with Crippen molar-refractivity contribution in [3.8, 4) is 5.75 Å². The van der Waals surface area contributed by atoms with Crippen LogP contribution in [0.15, 0.2) is 24.8 Å². The van der Waals surface area contributed by atoms with Crippen LogP contribution in [0.2, 0.25) is 0 Å². The molecule has 0 aromatic heterocycles. The Labute approximate surface area is 152 Å². The predicted octanol–water partition coefficient (Wildman–Crippen LogP) is 3.32. The van der Waals surface area contributed by atoms with E-state index in [1.807, 2.05) is 12.1 Å². The van der Waals surface area contributed by atoms with Crippen molar-refractivity contribution < 1.29 is 29.0 Å². The lowest BCUT2D eigenvalue weighted by Crippen LogP contribution is -2.56. The maximum Gasteiger partial charge on any atom is 0.431 e. The van der Waals surface area contributed by atoms with Crippen LogP contribution in [-0.4, -0.2) is 34.5 Å². The molecule has 1 amide bonds. The lowest BCUT2D eigenvalue weighted by Gasteiger charge is -2.36. The van der Waals surface area contributed by atoms with Crippen molar-refractivity contribution in [3.63, 3.8) is 0 Å². The van der Waals surface area contributed by atoms with Crippen LogP contribution in [0.1, 0.15) is 45.2 Å². The summed E-state index contributed by atoms with van der Waals surface area (Å²) in [6.45, 7) is 10.2. The van der Waals surface area contributed by atoms with Crippen LogP contribution in [0.25, 0.3) is 6.08 Å². The number of carboxylic acids is 1. The Balaban J connectivity index is 2.12. The highest BCUT2D eigenvalue weighted by molar-refractivity contribution is 5.78. The Morgan fingerprint density at radius 2 is 2.04 bits per heavy atom. The number of carbonyl (C=O) groups excluding carboxylic acids is 1. The Morgan fingerprint density at radius 1 is 1.35 bits per heavy atom. The molecule has 0 aliphatic carbocycles. The van der Waals surface area contributed by atoms with Gasteiger partial charge in [-0.3, -0.25) is 0 Å². The van der Waals surface area contributed by atoms with Crippen LogP contribution in [0.5, 0.6) is 5.75 Å². The largest absolute Gasteiger partial charge is 0.486 e. The molecule has 0 bridgehead atoms. The molecule has 1 aliphatic heterocycles. The second kappa shape index (κ2) is 7.37. The van der Waals surface area contributed by atoms with E-state index in [1.54, 1.807) is 32.9 Å². The molecule has 1 aliphatic rings. The number of hydrogen-bond acceptors (Lipinski definition) is 5. The first kappa shape index (κ1) is 19.8. The summed E-state index contributed by atoms with van der Waals surface area (Å²) in [6.07, 6.45) is 1.14. The van der Waals surface area contributed by atoms with E-state index < -0.39 is 29.4 Å². The van der Waals surface area contributed by atoms with Crippen molar-refractivity contribution in [3.05, 3.63) is 35.9 Å². The number of amides is 1. The van der Waals surface area contributed by atoms with E-state index >= 15 is 0 Å². The van der Waals surface area contributed by atoms with Crippen LogP contribution in [-0.2, 0) is 20.8 Å². The normalized spacial score (nSPS) is 18.7. The molecule has 26 heavy (non-hydrogen) atoms. The van der Waals surface area contributed by atoms with Crippen molar-refractivity contribution in [1.82, 2.24) is 5.48 Å². The topological polar surface area (TPSA) is 94.1 Å². The number of aryl methyl sites for hydroxylation is 1. The van der Waals surface area contributed by atoms with Crippen molar-refractivity contribution in [2.45, 2.75) is 57.8 Å². The Kier molecular flexibility index (Phi) is 5.61. The molecule has 0 radical (unpaired) electrons. The van der Waals surface area contributed by atoms with Gasteiger partial charge < -0.3 is 14.6 Å². The van der Waals surface area contributed by atoms with Crippen molar-refractivity contribution in [1.29, 1.82) is 0 Å². The average molecular weight is 363 g/mol. The fraction of sp³-hybridized carbons (Fsp3) is 0.474. The first-order valence-corrected chi connectivity index (χ1v) is 8.37. The number of ether oxygens (including phenoxy) is 2. The van der Waals surface area contributed by atoms with Crippen molar-refractivity contribution in [2.24, 2.45) is 0 Å². The molecule has 1 aromatic carbocycles. The molecule has 1 heterocycles. The standard InChI is InChI=1S/C19H25NO6/c1-6-12-7-9-14-13(11-12)8-10-15(24-14)19(5,16(21)22)26-20-17(23)25-18(2,3)4/h6-7,9,11,15H,1,8,10H2,2-5H3,(H,20,23)(H,21,22). The van der Waals surface area contributed by atoms with E-state index in [9.17, 15) is 14.7 Å². The highest BCUT2D eigenvalue weighted by Crippen LogP contribution is 2.34. The van der Waals surface area contributed by atoms with Crippen LogP contribution in [0.4, 0.5) is 4.79 Å². The maximum atomic E-state index is 11.8. The molecule has 0 spiro atoms. The van der Waals surface area contributed by atoms with E-state index in [-0.39, 0.29) is 0 Å². The van der Waals surface area contributed by atoms with E-state index in [1.165, 1.54) is 6.92 Å². The van der Waals surface area contributed by atoms with Gasteiger partial charge in [-0.2, -0.15) is 5.48 Å². The number of fused-ring (bicyclic) bond motifs is 1. The lowest BCUT2D eigenvalue weighted by atomic mass is 9.90. The smallest absolute Gasteiger partial charge is 0.431 e. The van der Waals surface area contributed by atoms with Gasteiger partial charge in [0.2, 0.25) is 5.60 Å². The number of aliphatic carboxylic acids is 1. The number of nitrogens with one attached hydrogen (secondary N) is 1. The van der Waals surface area contributed by atoms with Gasteiger partial charge in [-0.1, -0.05) is 18.7 Å². The monoisotopic (exact) mass is 363 g/mol. The van der Waals surface area contributed by atoms with Crippen LogP contribution >= 0.6 is 0 Å². The van der Waals surface area contributed by atoms with Gasteiger partial charge in [-0.15, -0.1) is 0 Å². The van der Waals surface area contributed by atoms with Gasteiger partial charge in [0.15, 0.2) is 0 Å². The van der Waals surface area contributed by atoms with Gasteiger partial charge in [0.1, 0.15) is 17.5 Å². The van der Waals surface area contributed by atoms with E-state index in [0.717, 1.165) is 11.1 Å². The SMILES string of the molecule is C=Cc1ccc2c(c1)CCC(C(C)(ONC(=O)OC(C)(C)C)C(=O)O)O2. The fourth-order valence-corrected chi connectivity index (χ4v) is 2.62. The molecule has 7 heteroatoms. The second-order valence-electron chi connectivity index (χ2n) is 7.33. The molecule has 2 rings (SSSR count). The number of hydrogen-bond donors (Lipinski definition) is 2. The minimum atomic E-state index is -1.77. The molecular formula is C19H25NO6. The minimum absolute atomic E-state index is 0.423. The Bertz CT molecular complexity index is 708. The molecule has 0 saturated heterocycles. The summed E-state index contributed by atoms with van der Waals surface area (Å²) in [5.41, 5.74) is 1.51. The Hall–Kier alpha value is -2.54. The third kappa shape index (κ3) is 4.54. The summed E-state index contributed by atoms with van der Waals surface area (Å²) in [6, 6.07) is 5.57. The Morgan fingerprint density at radius 3 is 2.62 bits per heavy atom. The molecule has 0 fully saturated rings. The first-order valence-electron chi connectivity index (χ1n) is 8.37. The van der Waals surface area contributed by atoms with Gasteiger partial charge in [0.05, 0.1) is 0 Å². The molecule has 2 unspecified atom stereocenters. The summed E-state index contributed by atoms with van der Waals surface area (Å²) in [5.74, 6) is -0.648. The summed E-state index contributed by atoms with van der Waals surface area (Å²) < 4.78 is 10.9. The zero-order chi connectivity index (χ0) is 19.5. The summed E-state index contributed by atoms with van der Waals surface area (Å²) >= 11 is 0. The third-order valence-corrected chi connectivity index (χ3v) is 4.05. The molecule has 7 nitrogen and oxygen atoms in total. The molecule has 142 valence electrons. The number of carboxylic acid groups (broad SMARTS) is 1. The molecular weight excluding hydrogens is 338 g/mol. The highest BCUT2D eigenvalue weighted by Gasteiger charge is 2.47. The zero-order valence-corrected chi connectivity index (χ0v) is 15.5. The van der Waals surface area contributed by atoms with Crippen LogP contribution in [0.3, 0.4) is 0 Å². The molecule has 2 N–H and O–H groups in total. The van der Waals surface area contributed by atoms with Gasteiger partial charge in [-0.25, -0.2) is 14.4 Å². The van der Waals surface area contributed by atoms with Gasteiger partial charge in [0.25, 0.3) is 0 Å². The van der Waals surface area contributed by atoms with Crippen LogP contribution < -0.4 is 10.2 Å². The maximum absolute atomic E-state index is 11.8. The molecule has 2 atom stereocenters. The summed E-state index contributed by atoms with van der Waals surface area (Å²) in [7, 11) is 0. The summed E-state index contributed by atoms with van der Waals surface area (Å²) in [4.78, 5) is 28.8. The average Bonchev–Trinajstić information content (AvgIpc) is 2.57. The summed E-state index contributed by atoms with van der Waals surface area (Å²) in [5, 5.41) is 9.65. The fourth-order valence-electron chi connectivity index (χ4n) is 2.62. The quantitative estimate of drug-likeness (QED) is 0.780. The molecule has 0 saturated carbocycles.